The van der Waals surface area contributed by atoms with Gasteiger partial charge in [-0.3, -0.25) is 4.79 Å². The van der Waals surface area contributed by atoms with Gasteiger partial charge in [0.1, 0.15) is 0 Å². The van der Waals surface area contributed by atoms with Gasteiger partial charge in [-0.15, -0.1) is 0 Å². The van der Waals surface area contributed by atoms with Crippen LogP contribution in [0.15, 0.2) is 54.6 Å². The van der Waals surface area contributed by atoms with Crippen molar-refractivity contribution in [1.82, 2.24) is 10.2 Å². The van der Waals surface area contributed by atoms with E-state index in [2.05, 4.69) is 5.32 Å². The Labute approximate surface area is 206 Å². The number of hydrogen-bond donors (Lipinski definition) is 2. The van der Waals surface area contributed by atoms with Gasteiger partial charge in [0.15, 0.2) is 6.10 Å². The van der Waals surface area contributed by atoms with Crippen molar-refractivity contribution in [2.75, 3.05) is 13.1 Å². The first-order valence-electron chi connectivity index (χ1n) is 12.2. The van der Waals surface area contributed by atoms with Crippen molar-refractivity contribution in [2.45, 2.75) is 63.2 Å². The molecule has 7 heteroatoms. The Morgan fingerprint density at radius 3 is 2.32 bits per heavy atom. The zero-order valence-corrected chi connectivity index (χ0v) is 20.2. The number of alkyl carbamates (subject to hydrolysis) is 1. The lowest BCUT2D eigenvalue weighted by Crippen LogP contribution is -2.51. The van der Waals surface area contributed by atoms with Gasteiger partial charge in [0.25, 0.3) is 5.91 Å². The van der Waals surface area contributed by atoms with Crippen LogP contribution in [0.2, 0.25) is 5.02 Å². The molecule has 1 saturated heterocycles. The maximum Gasteiger partial charge on any atom is 0.408 e. The maximum atomic E-state index is 13.5. The number of nitrogens with zero attached hydrogens (tertiary/aromatic N) is 1. The van der Waals surface area contributed by atoms with Gasteiger partial charge in [-0.2, -0.15) is 0 Å². The lowest BCUT2D eigenvalue weighted by atomic mass is 9.82. The second kappa shape index (κ2) is 11.2. The summed E-state index contributed by atoms with van der Waals surface area (Å²) in [6, 6.07) is 16.8. The van der Waals surface area contributed by atoms with Crippen molar-refractivity contribution in [3.8, 4) is 0 Å². The number of ether oxygens (including phenoxy) is 1. The predicted molar refractivity (Wildman–Crippen MR) is 131 cm³/mol. The molecule has 2 aromatic rings. The number of carbonyl (C=O) groups excluding carboxylic acids is 2. The summed E-state index contributed by atoms with van der Waals surface area (Å²) in [7, 11) is 0. The van der Waals surface area contributed by atoms with Crippen molar-refractivity contribution in [2.24, 2.45) is 5.92 Å². The Morgan fingerprint density at radius 2 is 1.68 bits per heavy atom. The molecule has 6 nitrogen and oxygen atoms in total. The van der Waals surface area contributed by atoms with Gasteiger partial charge in [-0.25, -0.2) is 4.79 Å². The van der Waals surface area contributed by atoms with Gasteiger partial charge in [0.05, 0.1) is 5.60 Å². The van der Waals surface area contributed by atoms with E-state index in [4.69, 9.17) is 16.3 Å². The lowest BCUT2D eigenvalue weighted by molar-refractivity contribution is -0.148. The van der Waals surface area contributed by atoms with E-state index in [-0.39, 0.29) is 11.8 Å². The van der Waals surface area contributed by atoms with E-state index in [1.54, 1.807) is 17.0 Å². The number of carbonyl (C=O) groups is 2. The molecule has 2 fully saturated rings. The Hall–Kier alpha value is -2.57. The number of halogens is 1. The van der Waals surface area contributed by atoms with E-state index >= 15 is 0 Å². The molecule has 0 radical (unpaired) electrons. The minimum atomic E-state index is -0.990. The van der Waals surface area contributed by atoms with Crippen LogP contribution in [0.1, 0.15) is 56.1 Å². The fraction of sp³-hybridized carbons (Fsp3) is 0.481. The minimum Gasteiger partial charge on any atom is -0.436 e. The van der Waals surface area contributed by atoms with Crippen LogP contribution in [0.25, 0.3) is 0 Å². The van der Waals surface area contributed by atoms with Crippen LogP contribution in [0.3, 0.4) is 0 Å². The molecular formula is C27H33ClN2O4. The lowest BCUT2D eigenvalue weighted by Gasteiger charge is -2.40. The molecule has 1 atom stereocenters. The number of amides is 2. The number of piperidine rings is 1. The number of rotatable bonds is 6. The average molecular weight is 485 g/mol. The molecule has 1 aliphatic heterocycles. The molecule has 182 valence electrons. The van der Waals surface area contributed by atoms with Crippen LogP contribution in [0.4, 0.5) is 4.79 Å². The first-order valence-corrected chi connectivity index (χ1v) is 12.6. The first-order chi connectivity index (χ1) is 16.4. The van der Waals surface area contributed by atoms with Crippen LogP contribution < -0.4 is 5.32 Å². The van der Waals surface area contributed by atoms with Crippen molar-refractivity contribution in [3.05, 3.63) is 70.7 Å². The van der Waals surface area contributed by atoms with Crippen molar-refractivity contribution >= 4 is 23.6 Å². The van der Waals surface area contributed by atoms with E-state index in [9.17, 15) is 14.7 Å². The zero-order valence-electron chi connectivity index (χ0n) is 19.4. The molecule has 4 rings (SSSR count). The van der Waals surface area contributed by atoms with Gasteiger partial charge in [-0.1, -0.05) is 73.3 Å². The third-order valence-electron chi connectivity index (χ3n) is 7.12. The highest BCUT2D eigenvalue weighted by molar-refractivity contribution is 6.30. The normalized spacial score (nSPS) is 19.3. The van der Waals surface area contributed by atoms with Gasteiger partial charge < -0.3 is 20.1 Å². The Bertz CT molecular complexity index is 952. The average Bonchev–Trinajstić information content (AvgIpc) is 2.87. The van der Waals surface area contributed by atoms with E-state index in [1.165, 1.54) is 0 Å². The second-order valence-corrected chi connectivity index (χ2v) is 9.86. The van der Waals surface area contributed by atoms with Crippen molar-refractivity contribution in [1.29, 1.82) is 0 Å². The summed E-state index contributed by atoms with van der Waals surface area (Å²) < 4.78 is 5.76. The van der Waals surface area contributed by atoms with Crippen LogP contribution >= 0.6 is 11.6 Å². The molecule has 2 aliphatic rings. The Balaban J connectivity index is 1.39. The topological polar surface area (TPSA) is 78.9 Å². The molecule has 2 amide bonds. The SMILES string of the molecule is O=C(NCc1ccccc1)OC(C(=O)N1CCC(O)(c2ccc(Cl)cc2)CC1)C1CCCCC1. The van der Waals surface area contributed by atoms with Crippen molar-refractivity contribution < 1.29 is 19.4 Å². The molecule has 2 aromatic carbocycles. The Kier molecular flexibility index (Phi) is 8.11. The molecule has 1 heterocycles. The smallest absolute Gasteiger partial charge is 0.408 e. The molecule has 1 saturated carbocycles. The first kappa shape index (κ1) is 24.6. The number of likely N-dealkylation sites (tertiary alicyclic amines) is 1. The van der Waals surface area contributed by atoms with Crippen LogP contribution in [0.5, 0.6) is 0 Å². The third kappa shape index (κ3) is 6.10. The van der Waals surface area contributed by atoms with Gasteiger partial charge in [0, 0.05) is 30.6 Å². The largest absolute Gasteiger partial charge is 0.436 e. The summed E-state index contributed by atoms with van der Waals surface area (Å²) in [5.41, 5.74) is 0.789. The van der Waals surface area contributed by atoms with E-state index < -0.39 is 17.8 Å². The number of benzene rings is 2. The van der Waals surface area contributed by atoms with Gasteiger partial charge >= 0.3 is 6.09 Å². The number of hydrogen-bond acceptors (Lipinski definition) is 4. The summed E-state index contributed by atoms with van der Waals surface area (Å²) >= 11 is 5.99. The quantitative estimate of drug-likeness (QED) is 0.603. The summed E-state index contributed by atoms with van der Waals surface area (Å²) in [6.45, 7) is 1.18. The minimum absolute atomic E-state index is 0.0285. The molecule has 2 N–H and O–H groups in total. The monoisotopic (exact) mass is 484 g/mol. The Morgan fingerprint density at radius 1 is 1.03 bits per heavy atom. The molecular weight excluding hydrogens is 452 g/mol. The molecule has 0 aromatic heterocycles. The molecule has 1 unspecified atom stereocenters. The van der Waals surface area contributed by atoms with Crippen LogP contribution in [0, 0.1) is 5.92 Å². The second-order valence-electron chi connectivity index (χ2n) is 9.43. The highest BCUT2D eigenvalue weighted by Crippen LogP contribution is 2.35. The summed E-state index contributed by atoms with van der Waals surface area (Å²) in [5.74, 6) is -0.124. The standard InChI is InChI=1S/C27H33ClN2O4/c28-23-13-11-22(12-14-23)27(33)15-17-30(18-16-27)25(31)24(21-9-5-2-6-10-21)34-26(32)29-19-20-7-3-1-4-8-20/h1,3-4,7-8,11-14,21,24,33H,2,5-6,9-10,15-19H2,(H,29,32). The van der Waals surface area contributed by atoms with Gasteiger partial charge in [0.2, 0.25) is 0 Å². The fourth-order valence-electron chi connectivity index (χ4n) is 5.04. The third-order valence-corrected chi connectivity index (χ3v) is 7.37. The van der Waals surface area contributed by atoms with Crippen LogP contribution in [-0.4, -0.2) is 41.2 Å². The maximum absolute atomic E-state index is 13.5. The highest BCUT2D eigenvalue weighted by atomic mass is 35.5. The highest BCUT2D eigenvalue weighted by Gasteiger charge is 2.40. The molecule has 0 bridgehead atoms. The summed E-state index contributed by atoms with van der Waals surface area (Å²) in [4.78, 5) is 27.9. The van der Waals surface area contributed by atoms with Gasteiger partial charge in [-0.05, 0) is 48.9 Å². The van der Waals surface area contributed by atoms with E-state index in [1.807, 2.05) is 42.5 Å². The fourth-order valence-corrected chi connectivity index (χ4v) is 5.16. The molecule has 34 heavy (non-hydrogen) atoms. The number of nitrogens with one attached hydrogen (secondary N) is 1. The zero-order chi connectivity index (χ0) is 24.0. The molecule has 1 aliphatic carbocycles. The van der Waals surface area contributed by atoms with Crippen molar-refractivity contribution in [3.63, 3.8) is 0 Å². The predicted octanol–water partition coefficient (Wildman–Crippen LogP) is 5.03. The summed E-state index contributed by atoms with van der Waals surface area (Å²) in [5, 5.41) is 14.6. The number of aliphatic hydroxyl groups is 1. The van der Waals surface area contributed by atoms with Crippen LogP contribution in [-0.2, 0) is 21.7 Å². The van der Waals surface area contributed by atoms with E-state index in [0.717, 1.165) is 43.2 Å². The summed E-state index contributed by atoms with van der Waals surface area (Å²) in [6.07, 6.45) is 4.49. The molecule has 0 spiro atoms. The van der Waals surface area contributed by atoms with E-state index in [0.29, 0.717) is 37.5 Å².